The first-order valence-corrected chi connectivity index (χ1v) is 8.38. The summed E-state index contributed by atoms with van der Waals surface area (Å²) < 4.78 is 11.1. The Hall–Kier alpha value is -1.40. The molecule has 3 aliphatic heterocycles. The predicted octanol–water partition coefficient (Wildman–Crippen LogP) is 0.738. The molecular formula is C17H25NO5. The van der Waals surface area contributed by atoms with E-state index in [9.17, 15) is 14.7 Å². The average molecular weight is 323 g/mol. The minimum absolute atomic E-state index is 0.00301. The van der Waals surface area contributed by atoms with E-state index in [1.165, 1.54) is 0 Å². The molecule has 3 heterocycles. The van der Waals surface area contributed by atoms with Crippen LogP contribution in [-0.4, -0.2) is 59.9 Å². The molecule has 3 aliphatic rings. The first kappa shape index (κ1) is 16.5. The molecule has 0 aromatic carbocycles. The second-order valence-corrected chi connectivity index (χ2v) is 7.04. The molecule has 0 saturated carbocycles. The van der Waals surface area contributed by atoms with Crippen molar-refractivity contribution in [1.82, 2.24) is 4.90 Å². The molecule has 0 radical (unpaired) electrons. The summed E-state index contributed by atoms with van der Waals surface area (Å²) in [5.74, 6) is -1.80. The summed E-state index contributed by atoms with van der Waals surface area (Å²) in [5, 5.41) is 10.2. The van der Waals surface area contributed by atoms with Crippen LogP contribution in [0.2, 0.25) is 0 Å². The van der Waals surface area contributed by atoms with Crippen LogP contribution in [0.15, 0.2) is 11.6 Å². The van der Waals surface area contributed by atoms with Gasteiger partial charge < -0.3 is 14.6 Å². The molecule has 0 aromatic heterocycles. The lowest BCUT2D eigenvalue weighted by atomic mass is 9.81. The molecule has 6 nitrogen and oxygen atoms in total. The Morgan fingerprint density at radius 2 is 1.91 bits per heavy atom. The first-order chi connectivity index (χ1) is 10.9. The fourth-order valence-electron chi connectivity index (χ4n) is 3.79. The maximum absolute atomic E-state index is 12.5. The number of hydrogen-bond acceptors (Lipinski definition) is 6. The van der Waals surface area contributed by atoms with Crippen molar-refractivity contribution in [3.8, 4) is 0 Å². The van der Waals surface area contributed by atoms with E-state index in [-0.39, 0.29) is 42.5 Å². The number of aliphatic hydroxyl groups is 1. The summed E-state index contributed by atoms with van der Waals surface area (Å²) in [6.45, 7) is 7.24. The Morgan fingerprint density at radius 3 is 2.65 bits per heavy atom. The molecule has 2 saturated heterocycles. The van der Waals surface area contributed by atoms with Gasteiger partial charge in [-0.3, -0.25) is 9.69 Å². The molecule has 0 unspecified atom stereocenters. The Balaban J connectivity index is 1.86. The van der Waals surface area contributed by atoms with Crippen molar-refractivity contribution in [2.24, 2.45) is 17.8 Å². The second-order valence-electron chi connectivity index (χ2n) is 7.04. The molecule has 2 fully saturated rings. The fraction of sp³-hybridized carbons (Fsp3) is 0.765. The zero-order chi connectivity index (χ0) is 16.7. The van der Waals surface area contributed by atoms with Crippen molar-refractivity contribution < 1.29 is 24.2 Å². The van der Waals surface area contributed by atoms with Crippen LogP contribution >= 0.6 is 0 Å². The van der Waals surface area contributed by atoms with Crippen LogP contribution in [0.1, 0.15) is 27.2 Å². The monoisotopic (exact) mass is 323 g/mol. The molecule has 0 aromatic rings. The standard InChI is InChI=1S/C17H25NO5/c1-9-10(2)15(19)17(21)22-8-12-4-6-18-7-5-13(14(12)18)23-16(20)11(9)3/h4,9-11,13-15,19H,5-8H2,1-3H3/t9-,10+,11+,13+,14+,15-/m1/s1. The highest BCUT2D eigenvalue weighted by atomic mass is 16.6. The van der Waals surface area contributed by atoms with Gasteiger partial charge in [-0.2, -0.15) is 0 Å². The van der Waals surface area contributed by atoms with Gasteiger partial charge in [0, 0.05) is 13.1 Å². The number of esters is 2. The third-order valence-corrected chi connectivity index (χ3v) is 5.79. The number of hydrogen-bond donors (Lipinski definition) is 1. The summed E-state index contributed by atoms with van der Waals surface area (Å²) in [6, 6.07) is 0.00301. The van der Waals surface area contributed by atoms with Crippen LogP contribution < -0.4 is 0 Å². The SMILES string of the molecule is C[C@@H]1[C@H](C)[C@@H](O)C(=O)OCC2=CCN3CC[C@H](OC(=O)[C@H]1C)[C@H]23. The summed E-state index contributed by atoms with van der Waals surface area (Å²) in [4.78, 5) is 26.8. The third kappa shape index (κ3) is 2.90. The number of carbonyl (C=O) groups excluding carboxylic acids is 2. The molecular weight excluding hydrogens is 298 g/mol. The number of carbonyl (C=O) groups is 2. The quantitative estimate of drug-likeness (QED) is 0.523. The smallest absolute Gasteiger partial charge is 0.335 e. The molecule has 0 spiro atoms. The molecule has 6 atom stereocenters. The zero-order valence-corrected chi connectivity index (χ0v) is 13.9. The van der Waals surface area contributed by atoms with Crippen molar-refractivity contribution in [2.45, 2.75) is 45.4 Å². The lowest BCUT2D eigenvalue weighted by molar-refractivity contribution is -0.164. The fourth-order valence-corrected chi connectivity index (χ4v) is 3.79. The van der Waals surface area contributed by atoms with Crippen molar-refractivity contribution in [1.29, 1.82) is 0 Å². The summed E-state index contributed by atoms with van der Waals surface area (Å²) in [5.41, 5.74) is 0.967. The zero-order valence-electron chi connectivity index (χ0n) is 13.9. The number of cyclic esters (lactones) is 1. The maximum atomic E-state index is 12.5. The topological polar surface area (TPSA) is 76.1 Å². The molecule has 23 heavy (non-hydrogen) atoms. The van der Waals surface area contributed by atoms with Gasteiger partial charge >= 0.3 is 11.9 Å². The minimum Gasteiger partial charge on any atom is -0.460 e. The van der Waals surface area contributed by atoms with E-state index in [1.54, 1.807) is 13.8 Å². The van der Waals surface area contributed by atoms with Gasteiger partial charge in [-0.1, -0.05) is 26.8 Å². The van der Waals surface area contributed by atoms with Crippen molar-refractivity contribution in [3.05, 3.63) is 11.6 Å². The molecule has 0 aliphatic carbocycles. The number of rotatable bonds is 0. The van der Waals surface area contributed by atoms with E-state index in [4.69, 9.17) is 9.47 Å². The van der Waals surface area contributed by atoms with Gasteiger partial charge in [0.05, 0.1) is 12.0 Å². The van der Waals surface area contributed by atoms with Crippen molar-refractivity contribution in [2.75, 3.05) is 19.7 Å². The Morgan fingerprint density at radius 1 is 1.17 bits per heavy atom. The van der Waals surface area contributed by atoms with E-state index in [2.05, 4.69) is 4.90 Å². The van der Waals surface area contributed by atoms with Crippen LogP contribution in [-0.2, 0) is 19.1 Å². The Labute approximate surface area is 136 Å². The lowest BCUT2D eigenvalue weighted by Crippen LogP contribution is -2.42. The first-order valence-electron chi connectivity index (χ1n) is 8.38. The summed E-state index contributed by atoms with van der Waals surface area (Å²) in [6.07, 6.45) is 1.44. The van der Waals surface area contributed by atoms with Crippen molar-refractivity contribution >= 4 is 11.9 Å². The van der Waals surface area contributed by atoms with E-state index in [1.807, 2.05) is 13.0 Å². The number of nitrogens with zero attached hydrogens (tertiary/aromatic N) is 1. The van der Waals surface area contributed by atoms with Gasteiger partial charge in [-0.25, -0.2) is 4.79 Å². The normalized spacial score (nSPS) is 42.2. The summed E-state index contributed by atoms with van der Waals surface area (Å²) >= 11 is 0. The molecule has 0 bridgehead atoms. The van der Waals surface area contributed by atoms with Gasteiger partial charge in [-0.15, -0.1) is 0 Å². The maximum Gasteiger partial charge on any atom is 0.335 e. The largest absolute Gasteiger partial charge is 0.460 e. The average Bonchev–Trinajstić information content (AvgIpc) is 3.12. The highest BCUT2D eigenvalue weighted by molar-refractivity contribution is 5.76. The molecule has 3 rings (SSSR count). The van der Waals surface area contributed by atoms with Gasteiger partial charge in [0.25, 0.3) is 0 Å². The number of aliphatic hydroxyl groups excluding tert-OH is 1. The molecule has 1 N–H and O–H groups in total. The lowest BCUT2D eigenvalue weighted by Gasteiger charge is -2.31. The van der Waals surface area contributed by atoms with Crippen LogP contribution in [0.5, 0.6) is 0 Å². The highest BCUT2D eigenvalue weighted by Crippen LogP contribution is 2.34. The van der Waals surface area contributed by atoms with E-state index < -0.39 is 12.1 Å². The van der Waals surface area contributed by atoms with Crippen LogP contribution in [0.25, 0.3) is 0 Å². The Kier molecular flexibility index (Phi) is 4.47. The molecule has 0 amide bonds. The molecule has 6 heteroatoms. The second kappa shape index (κ2) is 6.24. The van der Waals surface area contributed by atoms with E-state index >= 15 is 0 Å². The van der Waals surface area contributed by atoms with Gasteiger partial charge in [0.15, 0.2) is 6.10 Å². The Bertz CT molecular complexity index is 531. The predicted molar refractivity (Wildman–Crippen MR) is 82.4 cm³/mol. The van der Waals surface area contributed by atoms with E-state index in [0.29, 0.717) is 0 Å². The minimum atomic E-state index is -1.22. The van der Waals surface area contributed by atoms with Crippen LogP contribution in [0.3, 0.4) is 0 Å². The van der Waals surface area contributed by atoms with Gasteiger partial charge in [-0.05, 0) is 23.8 Å². The van der Waals surface area contributed by atoms with Crippen LogP contribution in [0.4, 0.5) is 0 Å². The summed E-state index contributed by atoms with van der Waals surface area (Å²) in [7, 11) is 0. The van der Waals surface area contributed by atoms with Crippen LogP contribution in [0, 0.1) is 17.8 Å². The van der Waals surface area contributed by atoms with Gasteiger partial charge in [0.2, 0.25) is 0 Å². The number of ether oxygens (including phenoxy) is 2. The highest BCUT2D eigenvalue weighted by Gasteiger charge is 2.44. The van der Waals surface area contributed by atoms with Crippen molar-refractivity contribution in [3.63, 3.8) is 0 Å². The van der Waals surface area contributed by atoms with E-state index in [0.717, 1.165) is 25.1 Å². The molecule has 128 valence electrons. The third-order valence-electron chi connectivity index (χ3n) is 5.79. The van der Waals surface area contributed by atoms with Gasteiger partial charge in [0.1, 0.15) is 12.7 Å².